The summed E-state index contributed by atoms with van der Waals surface area (Å²) in [7, 11) is 0. The Morgan fingerprint density at radius 2 is 1.82 bits per heavy atom. The van der Waals surface area contributed by atoms with Crippen molar-refractivity contribution < 1.29 is 44.9 Å². The quantitative estimate of drug-likeness (QED) is 0.190. The van der Waals surface area contributed by atoms with E-state index in [1.165, 1.54) is 0 Å². The predicted molar refractivity (Wildman–Crippen MR) is 146 cm³/mol. The van der Waals surface area contributed by atoms with Gasteiger partial charge in [-0.05, 0) is 95.3 Å². The van der Waals surface area contributed by atoms with E-state index >= 15 is 0 Å². The normalized spacial score (nSPS) is 47.4. The lowest BCUT2D eigenvalue weighted by Gasteiger charge is -2.56. The molecule has 14 atom stereocenters. The third-order valence-electron chi connectivity index (χ3n) is 10.8. The molecule has 0 amide bonds. The number of ether oxygens (including phenoxy) is 2. The SMILES string of the molecule is CC(C)=C[C@H](CC[C@H]1CC[C@@H]2[C@@H]1CC[C@]1(C=O)[C@H]2[C@@H](O)C=C2C[C@@H](O)CC[C@H]21)O[C@@H]1O[C@H](CO)[C@@H](O)[C@H](O)[C@H]1O. The average Bonchev–Trinajstić information content (AvgIpc) is 3.33. The molecule has 4 aliphatic carbocycles. The molecule has 226 valence electrons. The molecule has 0 bridgehead atoms. The van der Waals surface area contributed by atoms with Crippen molar-refractivity contribution in [2.75, 3.05) is 6.61 Å². The monoisotopic (exact) mass is 564 g/mol. The van der Waals surface area contributed by atoms with Crippen LogP contribution in [-0.2, 0) is 14.3 Å². The van der Waals surface area contributed by atoms with Crippen LogP contribution in [0.5, 0.6) is 0 Å². The average molecular weight is 565 g/mol. The second-order valence-corrected chi connectivity index (χ2v) is 13.4. The molecule has 0 unspecified atom stereocenters. The van der Waals surface area contributed by atoms with Crippen LogP contribution in [0, 0.1) is 35.0 Å². The zero-order valence-corrected chi connectivity index (χ0v) is 23.7. The molecule has 9 heteroatoms. The van der Waals surface area contributed by atoms with Crippen molar-refractivity contribution in [3.63, 3.8) is 0 Å². The summed E-state index contributed by atoms with van der Waals surface area (Å²) in [6.07, 6.45) is 4.42. The first kappa shape index (κ1) is 30.3. The molecule has 9 nitrogen and oxygen atoms in total. The summed E-state index contributed by atoms with van der Waals surface area (Å²) in [4.78, 5) is 12.8. The van der Waals surface area contributed by atoms with Crippen molar-refractivity contribution >= 4 is 6.29 Å². The first-order valence-corrected chi connectivity index (χ1v) is 15.2. The number of hydrogen-bond acceptors (Lipinski definition) is 9. The van der Waals surface area contributed by atoms with Crippen molar-refractivity contribution in [3.05, 3.63) is 23.3 Å². The van der Waals surface area contributed by atoms with Gasteiger partial charge in [-0.2, -0.15) is 0 Å². The Labute approximate surface area is 236 Å². The Hall–Kier alpha value is -1.17. The maximum absolute atomic E-state index is 12.8. The Morgan fingerprint density at radius 3 is 2.52 bits per heavy atom. The number of carbonyl (C=O) groups is 1. The first-order valence-electron chi connectivity index (χ1n) is 15.2. The lowest BCUT2D eigenvalue weighted by molar-refractivity contribution is -0.308. The zero-order chi connectivity index (χ0) is 28.8. The number of aliphatic hydroxyl groups is 6. The van der Waals surface area contributed by atoms with Gasteiger partial charge in [0.1, 0.15) is 30.7 Å². The van der Waals surface area contributed by atoms with Crippen LogP contribution in [-0.4, -0.2) is 92.5 Å². The van der Waals surface area contributed by atoms with E-state index in [2.05, 4.69) is 0 Å². The van der Waals surface area contributed by atoms with E-state index in [-0.39, 0.29) is 30.0 Å². The third-order valence-corrected chi connectivity index (χ3v) is 10.8. The zero-order valence-electron chi connectivity index (χ0n) is 23.7. The van der Waals surface area contributed by atoms with Gasteiger partial charge in [0, 0.05) is 11.3 Å². The minimum absolute atomic E-state index is 0.0864. The van der Waals surface area contributed by atoms with Crippen LogP contribution < -0.4 is 0 Å². The van der Waals surface area contributed by atoms with Gasteiger partial charge in [0.05, 0.1) is 24.9 Å². The van der Waals surface area contributed by atoms with Crippen molar-refractivity contribution in [3.8, 4) is 0 Å². The van der Waals surface area contributed by atoms with E-state index in [9.17, 15) is 35.4 Å². The van der Waals surface area contributed by atoms with E-state index in [4.69, 9.17) is 9.47 Å². The van der Waals surface area contributed by atoms with Crippen LogP contribution in [0.4, 0.5) is 0 Å². The highest BCUT2D eigenvalue weighted by molar-refractivity contribution is 5.64. The van der Waals surface area contributed by atoms with Crippen LogP contribution >= 0.6 is 0 Å². The summed E-state index contributed by atoms with van der Waals surface area (Å²) in [5, 5.41) is 61.9. The van der Waals surface area contributed by atoms with E-state index in [0.29, 0.717) is 31.1 Å². The van der Waals surface area contributed by atoms with Gasteiger partial charge in [0.25, 0.3) is 0 Å². The molecule has 3 saturated carbocycles. The Morgan fingerprint density at radius 1 is 1.05 bits per heavy atom. The minimum Gasteiger partial charge on any atom is -0.394 e. The standard InChI is InChI=1S/C31H48O9/c1-16(2)11-20(39-30-29(38)28(37)27(36)25(14-32)40-30)6-3-17-4-7-22-21(17)9-10-31(15-33)23-8-5-19(34)12-18(23)13-24(35)26(22)31/h11,13,15,17,19-30,32,34-38H,3-10,12,14H2,1-2H3/t17-,19-,20-,21+,22+,23+,24-,25+,26+,27+,28-,29+,30+,31+/m0/s1. The van der Waals surface area contributed by atoms with Crippen molar-refractivity contribution in [1.82, 2.24) is 0 Å². The fraction of sp³-hybridized carbons (Fsp3) is 0.839. The van der Waals surface area contributed by atoms with Crippen LogP contribution in [0.2, 0.25) is 0 Å². The Balaban J connectivity index is 1.27. The molecule has 0 aromatic carbocycles. The summed E-state index contributed by atoms with van der Waals surface area (Å²) >= 11 is 0. The van der Waals surface area contributed by atoms with Gasteiger partial charge in [-0.15, -0.1) is 0 Å². The van der Waals surface area contributed by atoms with Gasteiger partial charge in [-0.25, -0.2) is 0 Å². The molecule has 0 aromatic heterocycles. The number of hydrogen-bond donors (Lipinski definition) is 6. The fourth-order valence-corrected chi connectivity index (χ4v) is 9.09. The summed E-state index contributed by atoms with van der Waals surface area (Å²) in [6.45, 7) is 3.43. The van der Waals surface area contributed by atoms with Crippen LogP contribution in [0.1, 0.15) is 71.6 Å². The van der Waals surface area contributed by atoms with E-state index in [0.717, 1.165) is 56.0 Å². The van der Waals surface area contributed by atoms with E-state index in [1.54, 1.807) is 0 Å². The summed E-state index contributed by atoms with van der Waals surface area (Å²) in [5.41, 5.74) is 1.56. The molecule has 0 aromatic rings. The number of fused-ring (bicyclic) bond motifs is 5. The molecular formula is C31H48O9. The van der Waals surface area contributed by atoms with Gasteiger partial charge >= 0.3 is 0 Å². The molecule has 5 rings (SSSR count). The molecule has 1 aliphatic heterocycles. The van der Waals surface area contributed by atoms with Gasteiger partial charge in [0.2, 0.25) is 0 Å². The largest absolute Gasteiger partial charge is 0.394 e. The number of carbonyl (C=O) groups excluding carboxylic acids is 1. The smallest absolute Gasteiger partial charge is 0.187 e. The maximum atomic E-state index is 12.8. The van der Waals surface area contributed by atoms with E-state index in [1.807, 2.05) is 26.0 Å². The molecule has 5 aliphatic rings. The highest BCUT2D eigenvalue weighted by Crippen LogP contribution is 2.63. The first-order chi connectivity index (χ1) is 19.1. The fourth-order valence-electron chi connectivity index (χ4n) is 9.09. The summed E-state index contributed by atoms with van der Waals surface area (Å²) in [5.74, 6) is 1.15. The van der Waals surface area contributed by atoms with Gasteiger partial charge in [-0.3, -0.25) is 0 Å². The highest BCUT2D eigenvalue weighted by atomic mass is 16.7. The Kier molecular flexibility index (Phi) is 9.25. The van der Waals surface area contributed by atoms with Crippen molar-refractivity contribution in [1.29, 1.82) is 0 Å². The second kappa shape index (κ2) is 12.2. The topological polar surface area (TPSA) is 157 Å². The van der Waals surface area contributed by atoms with Crippen LogP contribution in [0.15, 0.2) is 23.3 Å². The molecule has 0 spiro atoms. The molecule has 6 N–H and O–H groups in total. The van der Waals surface area contributed by atoms with E-state index < -0.39 is 48.8 Å². The molecular weight excluding hydrogens is 516 g/mol. The maximum Gasteiger partial charge on any atom is 0.187 e. The number of aldehydes is 1. The lowest BCUT2D eigenvalue weighted by Crippen LogP contribution is -2.59. The summed E-state index contributed by atoms with van der Waals surface area (Å²) in [6, 6.07) is 0. The Bertz CT molecular complexity index is 960. The number of aliphatic hydroxyl groups excluding tert-OH is 6. The van der Waals surface area contributed by atoms with Crippen molar-refractivity contribution in [2.45, 2.75) is 121 Å². The minimum atomic E-state index is -1.48. The van der Waals surface area contributed by atoms with Crippen molar-refractivity contribution in [2.24, 2.45) is 35.0 Å². The van der Waals surface area contributed by atoms with Gasteiger partial charge in [-0.1, -0.05) is 23.3 Å². The number of rotatable bonds is 8. The predicted octanol–water partition coefficient (Wildman–Crippen LogP) is 1.62. The van der Waals surface area contributed by atoms with Crippen LogP contribution in [0.3, 0.4) is 0 Å². The molecule has 1 saturated heterocycles. The van der Waals surface area contributed by atoms with Gasteiger partial charge in [0.15, 0.2) is 6.29 Å². The molecule has 0 radical (unpaired) electrons. The second-order valence-electron chi connectivity index (χ2n) is 13.4. The number of allylic oxidation sites excluding steroid dienone is 1. The van der Waals surface area contributed by atoms with Gasteiger partial charge < -0.3 is 44.9 Å². The third kappa shape index (κ3) is 5.49. The molecule has 1 heterocycles. The lowest BCUT2D eigenvalue weighted by atomic mass is 9.47. The summed E-state index contributed by atoms with van der Waals surface area (Å²) < 4.78 is 11.7. The molecule has 4 fully saturated rings. The molecule has 40 heavy (non-hydrogen) atoms. The van der Waals surface area contributed by atoms with Crippen LogP contribution in [0.25, 0.3) is 0 Å². The highest BCUT2D eigenvalue weighted by Gasteiger charge is 2.60.